The Bertz CT molecular complexity index is 463. The van der Waals surface area contributed by atoms with Crippen LogP contribution in [-0.4, -0.2) is 36.7 Å². The van der Waals surface area contributed by atoms with Gasteiger partial charge in [0, 0.05) is 13.1 Å². The van der Waals surface area contributed by atoms with Crippen LogP contribution >= 0.6 is 0 Å². The molecule has 122 valence electrons. The lowest BCUT2D eigenvalue weighted by Gasteiger charge is -2.19. The van der Waals surface area contributed by atoms with E-state index in [1.165, 1.54) is 0 Å². The fraction of sp³-hybridized carbons (Fsp3) is 0.500. The SMILES string of the molecule is CC(C)CNC(=O)[C@@H](NCCCNC(=O)O)c1ccccc1. The Morgan fingerprint density at radius 2 is 1.77 bits per heavy atom. The molecule has 4 N–H and O–H groups in total. The van der Waals surface area contributed by atoms with E-state index in [4.69, 9.17) is 5.11 Å². The van der Waals surface area contributed by atoms with E-state index in [2.05, 4.69) is 16.0 Å². The van der Waals surface area contributed by atoms with Gasteiger partial charge in [-0.05, 0) is 24.4 Å². The van der Waals surface area contributed by atoms with Crippen LogP contribution in [0.1, 0.15) is 31.9 Å². The lowest BCUT2D eigenvalue weighted by molar-refractivity contribution is -0.123. The summed E-state index contributed by atoms with van der Waals surface area (Å²) in [5.41, 5.74) is 0.898. The lowest BCUT2D eigenvalue weighted by atomic mass is 10.1. The van der Waals surface area contributed by atoms with Crippen LogP contribution in [0.25, 0.3) is 0 Å². The van der Waals surface area contributed by atoms with E-state index in [0.717, 1.165) is 5.56 Å². The molecule has 1 aromatic rings. The lowest BCUT2D eigenvalue weighted by Crippen LogP contribution is -2.40. The summed E-state index contributed by atoms with van der Waals surface area (Å²) in [5.74, 6) is 0.325. The third kappa shape index (κ3) is 7.08. The zero-order chi connectivity index (χ0) is 16.4. The number of carboxylic acid groups (broad SMARTS) is 1. The molecule has 6 heteroatoms. The van der Waals surface area contributed by atoms with Gasteiger partial charge < -0.3 is 21.1 Å². The molecule has 0 aliphatic carbocycles. The first kappa shape index (κ1) is 18.0. The zero-order valence-electron chi connectivity index (χ0n) is 13.1. The second kappa shape index (κ2) is 9.78. The van der Waals surface area contributed by atoms with Crippen molar-refractivity contribution in [3.8, 4) is 0 Å². The van der Waals surface area contributed by atoms with E-state index in [1.54, 1.807) is 0 Å². The Morgan fingerprint density at radius 1 is 1.09 bits per heavy atom. The van der Waals surface area contributed by atoms with Crippen molar-refractivity contribution in [2.45, 2.75) is 26.3 Å². The van der Waals surface area contributed by atoms with Crippen molar-refractivity contribution in [3.63, 3.8) is 0 Å². The Labute approximate surface area is 131 Å². The summed E-state index contributed by atoms with van der Waals surface area (Å²) in [6, 6.07) is 9.08. The Balaban J connectivity index is 2.55. The highest BCUT2D eigenvalue weighted by molar-refractivity contribution is 5.83. The topological polar surface area (TPSA) is 90.5 Å². The highest BCUT2D eigenvalue weighted by Crippen LogP contribution is 2.12. The van der Waals surface area contributed by atoms with Gasteiger partial charge in [-0.25, -0.2) is 4.79 Å². The first-order valence-electron chi connectivity index (χ1n) is 7.53. The quantitative estimate of drug-likeness (QED) is 0.523. The number of hydrogen-bond acceptors (Lipinski definition) is 3. The normalized spacial score (nSPS) is 12.0. The summed E-state index contributed by atoms with van der Waals surface area (Å²) < 4.78 is 0. The summed E-state index contributed by atoms with van der Waals surface area (Å²) >= 11 is 0. The van der Waals surface area contributed by atoms with Gasteiger partial charge in [-0.15, -0.1) is 0 Å². The average Bonchev–Trinajstić information content (AvgIpc) is 2.49. The molecule has 2 amide bonds. The van der Waals surface area contributed by atoms with Gasteiger partial charge in [0.15, 0.2) is 0 Å². The first-order valence-corrected chi connectivity index (χ1v) is 7.53. The fourth-order valence-electron chi connectivity index (χ4n) is 1.94. The predicted octanol–water partition coefficient (Wildman–Crippen LogP) is 1.75. The van der Waals surface area contributed by atoms with Gasteiger partial charge in [-0.3, -0.25) is 4.79 Å². The molecular weight excluding hydrogens is 282 g/mol. The van der Waals surface area contributed by atoms with Gasteiger partial charge in [0.25, 0.3) is 0 Å². The third-order valence-electron chi connectivity index (χ3n) is 3.06. The molecule has 22 heavy (non-hydrogen) atoms. The molecular formula is C16H25N3O3. The largest absolute Gasteiger partial charge is 0.465 e. The van der Waals surface area contributed by atoms with Crippen LogP contribution in [0.5, 0.6) is 0 Å². The molecule has 1 aromatic carbocycles. The fourth-order valence-corrected chi connectivity index (χ4v) is 1.94. The average molecular weight is 307 g/mol. The van der Waals surface area contributed by atoms with Crippen LogP contribution in [0.3, 0.4) is 0 Å². The van der Waals surface area contributed by atoms with E-state index in [-0.39, 0.29) is 5.91 Å². The number of carbonyl (C=O) groups excluding carboxylic acids is 1. The van der Waals surface area contributed by atoms with Crippen LogP contribution in [0.2, 0.25) is 0 Å². The van der Waals surface area contributed by atoms with Crippen molar-refractivity contribution < 1.29 is 14.7 Å². The number of nitrogens with one attached hydrogen (secondary N) is 3. The van der Waals surface area contributed by atoms with Crippen molar-refractivity contribution in [1.29, 1.82) is 0 Å². The zero-order valence-corrected chi connectivity index (χ0v) is 13.1. The van der Waals surface area contributed by atoms with Gasteiger partial charge in [0.1, 0.15) is 6.04 Å². The maximum Gasteiger partial charge on any atom is 0.404 e. The first-order chi connectivity index (χ1) is 10.5. The highest BCUT2D eigenvalue weighted by Gasteiger charge is 2.19. The Hall–Kier alpha value is -2.08. The molecule has 6 nitrogen and oxygen atoms in total. The van der Waals surface area contributed by atoms with Gasteiger partial charge in [-0.2, -0.15) is 0 Å². The molecule has 0 unspecified atom stereocenters. The van der Waals surface area contributed by atoms with Crippen molar-refractivity contribution in [2.24, 2.45) is 5.92 Å². The van der Waals surface area contributed by atoms with Gasteiger partial charge in [0.2, 0.25) is 5.91 Å². The van der Waals surface area contributed by atoms with E-state index < -0.39 is 12.1 Å². The van der Waals surface area contributed by atoms with Crippen molar-refractivity contribution in [3.05, 3.63) is 35.9 Å². The van der Waals surface area contributed by atoms with Crippen molar-refractivity contribution in [2.75, 3.05) is 19.6 Å². The highest BCUT2D eigenvalue weighted by atomic mass is 16.4. The minimum absolute atomic E-state index is 0.0638. The number of rotatable bonds is 9. The van der Waals surface area contributed by atoms with Crippen LogP contribution in [-0.2, 0) is 4.79 Å². The van der Waals surface area contributed by atoms with Crippen molar-refractivity contribution >= 4 is 12.0 Å². The molecule has 0 spiro atoms. The van der Waals surface area contributed by atoms with Crippen molar-refractivity contribution in [1.82, 2.24) is 16.0 Å². The second-order valence-electron chi connectivity index (χ2n) is 5.52. The molecule has 0 fully saturated rings. The van der Waals surface area contributed by atoms with Gasteiger partial charge in [0.05, 0.1) is 0 Å². The molecule has 1 atom stereocenters. The van der Waals surface area contributed by atoms with Crippen LogP contribution < -0.4 is 16.0 Å². The van der Waals surface area contributed by atoms with Crippen LogP contribution in [0, 0.1) is 5.92 Å². The minimum Gasteiger partial charge on any atom is -0.465 e. The number of hydrogen-bond donors (Lipinski definition) is 4. The minimum atomic E-state index is -1.03. The summed E-state index contributed by atoms with van der Waals surface area (Å²) in [6.45, 7) is 5.63. The maximum atomic E-state index is 12.3. The maximum absolute atomic E-state index is 12.3. The van der Waals surface area contributed by atoms with E-state index in [0.29, 0.717) is 32.0 Å². The molecule has 1 rings (SSSR count). The van der Waals surface area contributed by atoms with Crippen LogP contribution in [0.4, 0.5) is 4.79 Å². The number of carbonyl (C=O) groups is 2. The molecule has 0 bridgehead atoms. The Morgan fingerprint density at radius 3 is 2.36 bits per heavy atom. The Kier molecular flexibility index (Phi) is 7.99. The molecule has 0 heterocycles. The molecule has 0 aromatic heterocycles. The molecule has 0 radical (unpaired) electrons. The molecule has 0 saturated carbocycles. The molecule has 0 saturated heterocycles. The standard InChI is InChI=1S/C16H25N3O3/c1-12(2)11-19-15(20)14(13-7-4-3-5-8-13)17-9-6-10-18-16(21)22/h3-5,7-8,12,14,17-18H,6,9-11H2,1-2H3,(H,19,20)(H,21,22)/t14-/m0/s1. The molecule has 0 aliphatic rings. The van der Waals surface area contributed by atoms with Gasteiger partial charge in [-0.1, -0.05) is 44.2 Å². The van der Waals surface area contributed by atoms with Crippen LogP contribution in [0.15, 0.2) is 30.3 Å². The predicted molar refractivity (Wildman–Crippen MR) is 85.7 cm³/mol. The monoisotopic (exact) mass is 307 g/mol. The summed E-state index contributed by atoms with van der Waals surface area (Å²) in [5, 5.41) is 16.9. The number of amides is 2. The van der Waals surface area contributed by atoms with E-state index in [1.807, 2.05) is 44.2 Å². The second-order valence-corrected chi connectivity index (χ2v) is 5.52. The van der Waals surface area contributed by atoms with E-state index in [9.17, 15) is 9.59 Å². The summed E-state index contributed by atoms with van der Waals surface area (Å²) in [7, 11) is 0. The summed E-state index contributed by atoms with van der Waals surface area (Å²) in [4.78, 5) is 22.7. The number of benzene rings is 1. The van der Waals surface area contributed by atoms with E-state index >= 15 is 0 Å². The third-order valence-corrected chi connectivity index (χ3v) is 3.06. The smallest absolute Gasteiger partial charge is 0.404 e. The summed E-state index contributed by atoms with van der Waals surface area (Å²) in [6.07, 6.45) is -0.415. The molecule has 0 aliphatic heterocycles. The van der Waals surface area contributed by atoms with Gasteiger partial charge >= 0.3 is 6.09 Å².